The van der Waals surface area contributed by atoms with Crippen LogP contribution in [0.25, 0.3) is 11.2 Å². The normalized spacial score (nSPS) is 18.3. The fourth-order valence-electron chi connectivity index (χ4n) is 4.84. The number of aromatic nitrogens is 3. The molecule has 0 radical (unpaired) electrons. The maximum Gasteiger partial charge on any atom is 0.251 e. The number of hydrogen-bond donors (Lipinski definition) is 3. The van der Waals surface area contributed by atoms with Crippen LogP contribution >= 0.6 is 0 Å². The number of furan rings is 1. The number of amides is 1. The minimum absolute atomic E-state index is 0.0443. The molecule has 1 fully saturated rings. The Morgan fingerprint density at radius 2 is 2.00 bits per heavy atom. The molecule has 8 heteroatoms. The van der Waals surface area contributed by atoms with Crippen molar-refractivity contribution < 1.29 is 9.21 Å². The van der Waals surface area contributed by atoms with Crippen molar-refractivity contribution in [2.75, 3.05) is 25.0 Å². The van der Waals surface area contributed by atoms with E-state index in [1.54, 1.807) is 6.20 Å². The van der Waals surface area contributed by atoms with Gasteiger partial charge >= 0.3 is 0 Å². The van der Waals surface area contributed by atoms with Crippen LogP contribution in [0.1, 0.15) is 47.6 Å². The van der Waals surface area contributed by atoms with Crippen molar-refractivity contribution in [3.63, 3.8) is 0 Å². The number of carbonyl (C=O) groups excluding carboxylic acids is 1. The Bertz CT molecular complexity index is 1270. The van der Waals surface area contributed by atoms with Crippen molar-refractivity contribution in [1.82, 2.24) is 25.2 Å². The molecule has 0 saturated carbocycles. The molecule has 1 aliphatic rings. The Morgan fingerprint density at radius 3 is 2.83 bits per heavy atom. The smallest absolute Gasteiger partial charge is 0.251 e. The number of carbonyl (C=O) groups is 1. The minimum Gasteiger partial charge on any atom is -0.464 e. The summed E-state index contributed by atoms with van der Waals surface area (Å²) in [5.74, 6) is 2.48. The predicted octanol–water partition coefficient (Wildman–Crippen LogP) is 4.13. The molecule has 1 atom stereocenters. The maximum atomic E-state index is 12.6. The SMILES string of the molecule is Cc1ccc(Cn2c(NC3(CCNC(=O)c4ccccc4)CCCNCC3)nc3cccnc32)o1. The van der Waals surface area contributed by atoms with Crippen molar-refractivity contribution in [1.29, 1.82) is 0 Å². The highest BCUT2D eigenvalue weighted by molar-refractivity contribution is 5.94. The molecule has 8 nitrogen and oxygen atoms in total. The quantitative estimate of drug-likeness (QED) is 0.357. The van der Waals surface area contributed by atoms with Gasteiger partial charge in [-0.25, -0.2) is 9.97 Å². The molecule has 4 aromatic rings. The van der Waals surface area contributed by atoms with Gasteiger partial charge in [-0.3, -0.25) is 9.36 Å². The van der Waals surface area contributed by atoms with Crippen LogP contribution in [0.15, 0.2) is 65.2 Å². The highest BCUT2D eigenvalue weighted by Crippen LogP contribution is 2.30. The van der Waals surface area contributed by atoms with E-state index in [0.29, 0.717) is 18.7 Å². The number of anilines is 1. The second kappa shape index (κ2) is 10.3. The van der Waals surface area contributed by atoms with Crippen molar-refractivity contribution in [2.24, 2.45) is 0 Å². The van der Waals surface area contributed by atoms with Gasteiger partial charge in [0.2, 0.25) is 5.95 Å². The average molecular weight is 473 g/mol. The van der Waals surface area contributed by atoms with E-state index in [1.165, 1.54) is 0 Å². The number of rotatable bonds is 8. The van der Waals surface area contributed by atoms with Crippen molar-refractivity contribution in [2.45, 2.75) is 44.7 Å². The molecule has 0 spiro atoms. The largest absolute Gasteiger partial charge is 0.464 e. The Balaban J connectivity index is 1.39. The molecule has 1 aliphatic heterocycles. The molecular formula is C27H32N6O2. The summed E-state index contributed by atoms with van der Waals surface area (Å²) in [6.45, 7) is 4.97. The van der Waals surface area contributed by atoms with E-state index in [-0.39, 0.29) is 11.4 Å². The summed E-state index contributed by atoms with van der Waals surface area (Å²) in [4.78, 5) is 22.1. The molecule has 3 N–H and O–H groups in total. The first-order valence-electron chi connectivity index (χ1n) is 12.3. The van der Waals surface area contributed by atoms with Crippen molar-refractivity contribution in [3.8, 4) is 0 Å². The van der Waals surface area contributed by atoms with Crippen LogP contribution in [0.3, 0.4) is 0 Å². The lowest BCUT2D eigenvalue weighted by Gasteiger charge is -2.34. The van der Waals surface area contributed by atoms with Gasteiger partial charge < -0.3 is 20.4 Å². The summed E-state index contributed by atoms with van der Waals surface area (Å²) in [6, 6.07) is 17.2. The molecule has 0 aliphatic carbocycles. The second-order valence-corrected chi connectivity index (χ2v) is 9.26. The lowest BCUT2D eigenvalue weighted by molar-refractivity contribution is 0.0950. The van der Waals surface area contributed by atoms with E-state index in [1.807, 2.05) is 61.5 Å². The average Bonchev–Trinajstić information content (AvgIpc) is 3.35. The summed E-state index contributed by atoms with van der Waals surface area (Å²) in [5.41, 5.74) is 2.14. The Kier molecular flexibility index (Phi) is 6.81. The zero-order valence-electron chi connectivity index (χ0n) is 20.1. The van der Waals surface area contributed by atoms with Crippen molar-refractivity contribution in [3.05, 3.63) is 77.9 Å². The zero-order chi connectivity index (χ0) is 24.1. The third kappa shape index (κ3) is 5.38. The summed E-state index contributed by atoms with van der Waals surface area (Å²) in [7, 11) is 0. The third-order valence-electron chi connectivity index (χ3n) is 6.71. The van der Waals surface area contributed by atoms with E-state index >= 15 is 0 Å². The van der Waals surface area contributed by atoms with Crippen LogP contribution in [-0.4, -0.2) is 45.6 Å². The molecular weight excluding hydrogens is 440 g/mol. The number of nitrogens with one attached hydrogen (secondary N) is 3. The number of pyridine rings is 1. The Morgan fingerprint density at radius 1 is 1.11 bits per heavy atom. The molecule has 1 amide bonds. The van der Waals surface area contributed by atoms with E-state index in [9.17, 15) is 4.79 Å². The van der Waals surface area contributed by atoms with Crippen molar-refractivity contribution >= 4 is 23.0 Å². The summed E-state index contributed by atoms with van der Waals surface area (Å²) < 4.78 is 7.96. The van der Waals surface area contributed by atoms with Gasteiger partial charge in [0, 0.05) is 23.8 Å². The molecule has 5 rings (SSSR count). The van der Waals surface area contributed by atoms with Gasteiger partial charge in [-0.05, 0) is 82.1 Å². The fraction of sp³-hybridized carbons (Fsp3) is 0.370. The number of aryl methyl sites for hydroxylation is 1. The molecule has 1 unspecified atom stereocenters. The Labute approximate surface area is 205 Å². The van der Waals surface area contributed by atoms with Gasteiger partial charge in [0.15, 0.2) is 5.65 Å². The topological polar surface area (TPSA) is 97.0 Å². The van der Waals surface area contributed by atoms with Crippen LogP contribution in [0.4, 0.5) is 5.95 Å². The lowest BCUT2D eigenvalue weighted by atomic mass is 9.87. The first kappa shape index (κ1) is 23.1. The van der Waals surface area contributed by atoms with E-state index in [2.05, 4.69) is 25.5 Å². The number of fused-ring (bicyclic) bond motifs is 1. The first-order chi connectivity index (χ1) is 17.1. The minimum atomic E-state index is -0.203. The number of imidazole rings is 1. The Hall–Kier alpha value is -3.65. The number of hydrogen-bond acceptors (Lipinski definition) is 6. The van der Waals surface area contributed by atoms with Crippen LogP contribution in [-0.2, 0) is 6.54 Å². The van der Waals surface area contributed by atoms with E-state index < -0.39 is 0 Å². The lowest BCUT2D eigenvalue weighted by Crippen LogP contribution is -2.43. The van der Waals surface area contributed by atoms with Crippen LogP contribution in [0.5, 0.6) is 0 Å². The summed E-state index contributed by atoms with van der Waals surface area (Å²) in [6.07, 6.45) is 5.56. The highest BCUT2D eigenvalue weighted by atomic mass is 16.3. The molecule has 1 saturated heterocycles. The molecule has 3 aromatic heterocycles. The fourth-order valence-corrected chi connectivity index (χ4v) is 4.84. The first-order valence-corrected chi connectivity index (χ1v) is 12.3. The molecule has 0 bridgehead atoms. The maximum absolute atomic E-state index is 12.6. The predicted molar refractivity (Wildman–Crippen MR) is 137 cm³/mol. The van der Waals surface area contributed by atoms with E-state index in [4.69, 9.17) is 9.40 Å². The van der Waals surface area contributed by atoms with Crippen LogP contribution < -0.4 is 16.0 Å². The highest BCUT2D eigenvalue weighted by Gasteiger charge is 2.32. The van der Waals surface area contributed by atoms with Gasteiger partial charge in [0.05, 0.1) is 6.54 Å². The standard InChI is InChI=1S/C27H32N6O2/c1-20-10-11-22(35-20)19-33-24-23(9-5-16-29-24)31-26(33)32-27(12-6-15-28-17-13-27)14-18-30-25(34)21-7-3-2-4-8-21/h2-5,7-11,16,28H,6,12-15,17-19H2,1H3,(H,30,34)(H,31,32). The van der Waals surface area contributed by atoms with Gasteiger partial charge in [0.25, 0.3) is 5.91 Å². The molecule has 182 valence electrons. The summed E-state index contributed by atoms with van der Waals surface area (Å²) >= 11 is 0. The van der Waals surface area contributed by atoms with E-state index in [0.717, 1.165) is 67.4 Å². The molecule has 1 aromatic carbocycles. The number of nitrogens with zero attached hydrogens (tertiary/aromatic N) is 3. The van der Waals surface area contributed by atoms with Gasteiger partial charge in [-0.1, -0.05) is 18.2 Å². The monoisotopic (exact) mass is 472 g/mol. The van der Waals surface area contributed by atoms with Crippen LogP contribution in [0, 0.1) is 6.92 Å². The zero-order valence-corrected chi connectivity index (χ0v) is 20.1. The van der Waals surface area contributed by atoms with Gasteiger partial charge in [0.1, 0.15) is 17.0 Å². The van der Waals surface area contributed by atoms with Crippen LogP contribution in [0.2, 0.25) is 0 Å². The molecule has 35 heavy (non-hydrogen) atoms. The van der Waals surface area contributed by atoms with Gasteiger partial charge in [-0.15, -0.1) is 0 Å². The third-order valence-corrected chi connectivity index (χ3v) is 6.71. The number of benzene rings is 1. The second-order valence-electron chi connectivity index (χ2n) is 9.26. The van der Waals surface area contributed by atoms with Gasteiger partial charge in [-0.2, -0.15) is 0 Å². The molecule has 4 heterocycles. The summed E-state index contributed by atoms with van der Waals surface area (Å²) in [5, 5.41) is 10.4.